The Hall–Kier alpha value is -1.47. The molecular formula is C9H8ClNO5S. The summed E-state index contributed by atoms with van der Waals surface area (Å²) in [6.07, 6.45) is 0.437. The molecule has 0 heterocycles. The predicted octanol–water partition coefficient (Wildman–Crippen LogP) is 1.90. The van der Waals surface area contributed by atoms with E-state index in [1.54, 1.807) is 6.92 Å². The molecule has 0 saturated carbocycles. The third-order valence-electron chi connectivity index (χ3n) is 2.20. The van der Waals surface area contributed by atoms with Gasteiger partial charge in [-0.3, -0.25) is 14.9 Å². The number of rotatable bonds is 4. The van der Waals surface area contributed by atoms with E-state index < -0.39 is 30.1 Å². The molecule has 0 amide bonds. The van der Waals surface area contributed by atoms with E-state index >= 15 is 0 Å². The summed E-state index contributed by atoms with van der Waals surface area (Å²) in [5.74, 6) is 0. The fourth-order valence-electron chi connectivity index (χ4n) is 1.46. The summed E-state index contributed by atoms with van der Waals surface area (Å²) in [6, 6.07) is 2.37. The van der Waals surface area contributed by atoms with E-state index in [4.69, 9.17) is 10.7 Å². The van der Waals surface area contributed by atoms with E-state index in [-0.39, 0.29) is 11.8 Å². The largest absolute Gasteiger partial charge is 0.298 e. The van der Waals surface area contributed by atoms with Crippen molar-refractivity contribution >= 4 is 31.7 Å². The summed E-state index contributed by atoms with van der Waals surface area (Å²) in [7, 11) is 0.915. The number of carbonyl (C=O) groups is 1. The Balaban J connectivity index is 3.76. The summed E-state index contributed by atoms with van der Waals surface area (Å²) in [4.78, 5) is 20.4. The molecule has 0 bridgehead atoms. The fourth-order valence-corrected chi connectivity index (χ4v) is 2.50. The molecule has 1 aromatic carbocycles. The molecule has 0 unspecified atom stereocenters. The lowest BCUT2D eigenvalue weighted by atomic mass is 10.1. The highest BCUT2D eigenvalue weighted by atomic mass is 35.7. The van der Waals surface area contributed by atoms with Gasteiger partial charge in [-0.1, -0.05) is 13.0 Å². The molecule has 0 N–H and O–H groups in total. The molecule has 92 valence electrons. The van der Waals surface area contributed by atoms with Crippen LogP contribution in [-0.4, -0.2) is 19.6 Å². The molecule has 0 fully saturated rings. The van der Waals surface area contributed by atoms with Crippen molar-refractivity contribution in [1.82, 2.24) is 0 Å². The van der Waals surface area contributed by atoms with Crippen LogP contribution in [0.2, 0.25) is 0 Å². The third-order valence-corrected chi connectivity index (χ3v) is 3.58. The SMILES string of the molecule is CCc1ccc(S(=O)(=O)Cl)c(C=O)c1[N+](=O)[O-]. The highest BCUT2D eigenvalue weighted by molar-refractivity contribution is 8.13. The molecule has 8 heteroatoms. The van der Waals surface area contributed by atoms with Crippen molar-refractivity contribution in [2.24, 2.45) is 0 Å². The number of nitro benzene ring substituents is 1. The number of aldehydes is 1. The van der Waals surface area contributed by atoms with Crippen LogP contribution in [0.4, 0.5) is 5.69 Å². The Morgan fingerprint density at radius 1 is 1.47 bits per heavy atom. The Morgan fingerprint density at radius 3 is 2.41 bits per heavy atom. The van der Waals surface area contributed by atoms with Gasteiger partial charge in [0.1, 0.15) is 5.56 Å². The maximum atomic E-state index is 11.2. The van der Waals surface area contributed by atoms with Crippen LogP contribution in [0.1, 0.15) is 22.8 Å². The number of hydrogen-bond donors (Lipinski definition) is 0. The number of nitrogens with zero attached hydrogens (tertiary/aromatic N) is 1. The second-order valence-corrected chi connectivity index (χ2v) is 5.69. The van der Waals surface area contributed by atoms with Crippen molar-refractivity contribution in [1.29, 1.82) is 0 Å². The monoisotopic (exact) mass is 277 g/mol. The number of hydrogen-bond acceptors (Lipinski definition) is 5. The third kappa shape index (κ3) is 2.62. The lowest BCUT2D eigenvalue weighted by molar-refractivity contribution is -0.385. The average Bonchev–Trinajstić information content (AvgIpc) is 2.25. The Kier molecular flexibility index (Phi) is 3.84. The van der Waals surface area contributed by atoms with Crippen molar-refractivity contribution in [3.63, 3.8) is 0 Å². The molecule has 0 aliphatic heterocycles. The predicted molar refractivity (Wildman–Crippen MR) is 60.9 cm³/mol. The first-order valence-electron chi connectivity index (χ1n) is 4.53. The van der Waals surface area contributed by atoms with Gasteiger partial charge in [0.2, 0.25) is 0 Å². The Morgan fingerprint density at radius 2 is 2.06 bits per heavy atom. The average molecular weight is 278 g/mol. The Labute approximate surface area is 102 Å². The second kappa shape index (κ2) is 4.80. The van der Waals surface area contributed by atoms with Gasteiger partial charge in [-0.05, 0) is 12.5 Å². The molecule has 0 aliphatic rings. The van der Waals surface area contributed by atoms with Gasteiger partial charge in [0, 0.05) is 16.2 Å². The van der Waals surface area contributed by atoms with Crippen LogP contribution in [0.25, 0.3) is 0 Å². The van der Waals surface area contributed by atoms with Gasteiger partial charge in [0.15, 0.2) is 6.29 Å². The van der Waals surface area contributed by atoms with Crippen molar-refractivity contribution in [3.05, 3.63) is 33.4 Å². The molecule has 1 aromatic rings. The standard InChI is InChI=1S/C9H8ClNO5S/c1-2-6-3-4-8(17(10,15)16)7(5-12)9(6)11(13)14/h3-5H,2H2,1H3. The fraction of sp³-hybridized carbons (Fsp3) is 0.222. The van der Waals surface area contributed by atoms with Crippen LogP contribution in [0, 0.1) is 10.1 Å². The van der Waals surface area contributed by atoms with Crippen LogP contribution >= 0.6 is 10.7 Å². The van der Waals surface area contributed by atoms with Crippen molar-refractivity contribution < 1.29 is 18.1 Å². The van der Waals surface area contributed by atoms with Gasteiger partial charge in [0.05, 0.1) is 9.82 Å². The van der Waals surface area contributed by atoms with Crippen LogP contribution in [-0.2, 0) is 15.5 Å². The van der Waals surface area contributed by atoms with Gasteiger partial charge in [-0.2, -0.15) is 0 Å². The van der Waals surface area contributed by atoms with Crippen LogP contribution < -0.4 is 0 Å². The molecule has 0 saturated heterocycles. The quantitative estimate of drug-likeness (QED) is 0.362. The maximum absolute atomic E-state index is 11.2. The number of carbonyl (C=O) groups excluding carboxylic acids is 1. The maximum Gasteiger partial charge on any atom is 0.284 e. The number of nitro groups is 1. The van der Waals surface area contributed by atoms with Gasteiger partial charge in [0.25, 0.3) is 14.7 Å². The van der Waals surface area contributed by atoms with Gasteiger partial charge < -0.3 is 0 Å². The van der Waals surface area contributed by atoms with Crippen LogP contribution in [0.15, 0.2) is 17.0 Å². The highest BCUT2D eigenvalue weighted by Gasteiger charge is 2.27. The smallest absolute Gasteiger partial charge is 0.284 e. The molecule has 0 aromatic heterocycles. The summed E-state index contributed by atoms with van der Waals surface area (Å²) in [5.41, 5.74) is -0.741. The minimum Gasteiger partial charge on any atom is -0.298 e. The van der Waals surface area contributed by atoms with Crippen molar-refractivity contribution in [3.8, 4) is 0 Å². The lowest BCUT2D eigenvalue weighted by Gasteiger charge is -2.05. The first kappa shape index (κ1) is 13.6. The first-order valence-corrected chi connectivity index (χ1v) is 6.84. The van der Waals surface area contributed by atoms with Gasteiger partial charge in [-0.15, -0.1) is 0 Å². The van der Waals surface area contributed by atoms with E-state index in [0.29, 0.717) is 6.42 Å². The minimum absolute atomic E-state index is 0.132. The normalized spacial score (nSPS) is 11.2. The molecular weight excluding hydrogens is 270 g/mol. The van der Waals surface area contributed by atoms with E-state index in [9.17, 15) is 23.3 Å². The first-order chi connectivity index (χ1) is 7.82. The summed E-state index contributed by atoms with van der Waals surface area (Å²) < 4.78 is 22.3. The molecule has 0 spiro atoms. The van der Waals surface area contributed by atoms with E-state index in [1.807, 2.05) is 0 Å². The van der Waals surface area contributed by atoms with Gasteiger partial charge >= 0.3 is 0 Å². The molecule has 6 nitrogen and oxygen atoms in total. The van der Waals surface area contributed by atoms with E-state index in [0.717, 1.165) is 6.07 Å². The zero-order valence-electron chi connectivity index (χ0n) is 8.71. The minimum atomic E-state index is -4.19. The topological polar surface area (TPSA) is 94.3 Å². The van der Waals surface area contributed by atoms with E-state index in [2.05, 4.69) is 0 Å². The summed E-state index contributed by atoms with van der Waals surface area (Å²) in [5, 5.41) is 10.8. The second-order valence-electron chi connectivity index (χ2n) is 3.15. The van der Waals surface area contributed by atoms with Crippen molar-refractivity contribution in [2.45, 2.75) is 18.2 Å². The molecule has 0 radical (unpaired) electrons. The van der Waals surface area contributed by atoms with Gasteiger partial charge in [-0.25, -0.2) is 8.42 Å². The molecule has 1 rings (SSSR count). The molecule has 0 aliphatic carbocycles. The van der Waals surface area contributed by atoms with Crippen LogP contribution in [0.5, 0.6) is 0 Å². The molecule has 17 heavy (non-hydrogen) atoms. The number of aryl methyl sites for hydroxylation is 1. The number of benzene rings is 1. The highest BCUT2D eigenvalue weighted by Crippen LogP contribution is 2.30. The summed E-state index contributed by atoms with van der Waals surface area (Å²) >= 11 is 0. The van der Waals surface area contributed by atoms with Crippen molar-refractivity contribution in [2.75, 3.05) is 0 Å². The molecule has 0 atom stereocenters. The zero-order chi connectivity index (χ0) is 13.2. The Bertz CT molecular complexity index is 581. The van der Waals surface area contributed by atoms with Crippen LogP contribution in [0.3, 0.4) is 0 Å². The van der Waals surface area contributed by atoms with E-state index in [1.165, 1.54) is 6.07 Å². The summed E-state index contributed by atoms with van der Waals surface area (Å²) in [6.45, 7) is 1.66. The zero-order valence-corrected chi connectivity index (χ0v) is 10.3. The number of halogens is 1. The lowest BCUT2D eigenvalue weighted by Crippen LogP contribution is -2.05.